The van der Waals surface area contributed by atoms with E-state index in [0.29, 0.717) is 10.0 Å². The molecule has 0 spiro atoms. The molecule has 0 aliphatic heterocycles. The highest BCUT2D eigenvalue weighted by molar-refractivity contribution is 6.42. The van der Waals surface area contributed by atoms with Crippen LogP contribution in [-0.4, -0.2) is 15.0 Å². The molecule has 0 bridgehead atoms. The van der Waals surface area contributed by atoms with Crippen LogP contribution in [0, 0.1) is 0 Å². The van der Waals surface area contributed by atoms with Crippen LogP contribution in [0.25, 0.3) is 11.0 Å². The molecule has 1 N–H and O–H groups in total. The number of hydrogen-bond donors (Lipinski definition) is 1. The maximum absolute atomic E-state index is 12.4. The van der Waals surface area contributed by atoms with Crippen molar-refractivity contribution in [3.63, 3.8) is 0 Å². The molecule has 0 aliphatic carbocycles. The van der Waals surface area contributed by atoms with Gasteiger partial charge in [0, 0.05) is 7.05 Å². The van der Waals surface area contributed by atoms with Gasteiger partial charge in [-0.25, -0.2) is 4.79 Å². The van der Waals surface area contributed by atoms with Gasteiger partial charge in [-0.1, -0.05) is 41.4 Å². The number of hydrogen-bond acceptors (Lipinski definition) is 2. The lowest BCUT2D eigenvalue weighted by Gasteiger charge is -2.15. The minimum absolute atomic E-state index is 0.0498. The van der Waals surface area contributed by atoms with Crippen molar-refractivity contribution in [2.45, 2.75) is 19.5 Å². The fraction of sp³-hybridized carbons (Fsp3) is 0.222. The van der Waals surface area contributed by atoms with Crippen molar-refractivity contribution in [3.05, 3.63) is 68.6 Å². The number of aromatic nitrogens is 2. The van der Waals surface area contributed by atoms with E-state index in [2.05, 4.69) is 5.32 Å². The molecule has 0 saturated carbocycles. The van der Waals surface area contributed by atoms with Crippen molar-refractivity contribution in [1.29, 1.82) is 0 Å². The molecule has 0 aliphatic rings. The number of aryl methyl sites for hydroxylation is 1. The minimum atomic E-state index is -0.257. The lowest BCUT2D eigenvalue weighted by atomic mass is 10.1. The molecule has 0 saturated heterocycles. The second-order valence-corrected chi connectivity index (χ2v) is 6.69. The van der Waals surface area contributed by atoms with E-state index in [0.717, 1.165) is 16.6 Å². The van der Waals surface area contributed by atoms with E-state index in [1.807, 2.05) is 37.3 Å². The Morgan fingerprint density at radius 3 is 2.48 bits per heavy atom. The molecular weight excluding hydrogens is 361 g/mol. The van der Waals surface area contributed by atoms with E-state index >= 15 is 0 Å². The summed E-state index contributed by atoms with van der Waals surface area (Å²) in [7, 11) is 1.69. The average Bonchev–Trinajstić information content (AvgIpc) is 2.82. The van der Waals surface area contributed by atoms with Gasteiger partial charge in [0.05, 0.1) is 27.1 Å². The fourth-order valence-electron chi connectivity index (χ4n) is 2.81. The van der Waals surface area contributed by atoms with Crippen molar-refractivity contribution < 1.29 is 4.79 Å². The summed E-state index contributed by atoms with van der Waals surface area (Å²) in [5.41, 5.74) is 2.14. The van der Waals surface area contributed by atoms with Crippen molar-refractivity contribution in [2.75, 3.05) is 0 Å². The third kappa shape index (κ3) is 3.43. The lowest BCUT2D eigenvalue weighted by Crippen LogP contribution is -2.34. The van der Waals surface area contributed by atoms with Crippen molar-refractivity contribution in [1.82, 2.24) is 14.5 Å². The maximum Gasteiger partial charge on any atom is 0.329 e. The summed E-state index contributed by atoms with van der Waals surface area (Å²) in [6, 6.07) is 12.3. The monoisotopic (exact) mass is 377 g/mol. The van der Waals surface area contributed by atoms with Gasteiger partial charge in [-0.2, -0.15) is 0 Å². The molecule has 0 fully saturated rings. The van der Waals surface area contributed by atoms with Crippen molar-refractivity contribution in [3.8, 4) is 0 Å². The van der Waals surface area contributed by atoms with Crippen LogP contribution in [0.1, 0.15) is 18.5 Å². The summed E-state index contributed by atoms with van der Waals surface area (Å²) in [5.74, 6) is -0.253. The van der Waals surface area contributed by atoms with Gasteiger partial charge in [0.15, 0.2) is 0 Å². The molecular formula is C18H17Cl2N3O2. The molecule has 0 radical (unpaired) electrons. The first-order chi connectivity index (χ1) is 11.9. The van der Waals surface area contributed by atoms with E-state index in [9.17, 15) is 9.59 Å². The van der Waals surface area contributed by atoms with Gasteiger partial charge in [-0.05, 0) is 36.8 Å². The third-order valence-electron chi connectivity index (χ3n) is 4.17. The zero-order chi connectivity index (χ0) is 18.1. The van der Waals surface area contributed by atoms with Gasteiger partial charge in [-0.3, -0.25) is 13.9 Å². The Hall–Kier alpha value is -2.24. The molecule has 3 aromatic rings. The topological polar surface area (TPSA) is 56.0 Å². The molecule has 25 heavy (non-hydrogen) atoms. The molecule has 7 heteroatoms. The van der Waals surface area contributed by atoms with Crippen molar-refractivity contribution >= 4 is 40.1 Å². The van der Waals surface area contributed by atoms with E-state index in [4.69, 9.17) is 23.2 Å². The van der Waals surface area contributed by atoms with E-state index in [1.54, 1.807) is 19.2 Å². The number of nitrogens with one attached hydrogen (secondary N) is 1. The van der Waals surface area contributed by atoms with Crippen LogP contribution in [0.2, 0.25) is 10.0 Å². The number of fused-ring (bicyclic) bond motifs is 1. The quantitative estimate of drug-likeness (QED) is 0.755. The average molecular weight is 378 g/mol. The lowest BCUT2D eigenvalue weighted by molar-refractivity contribution is -0.122. The number of amides is 1. The summed E-state index contributed by atoms with van der Waals surface area (Å²) in [6.07, 6.45) is 0. The Kier molecular flexibility index (Phi) is 4.88. The van der Waals surface area contributed by atoms with Gasteiger partial charge in [0.2, 0.25) is 5.91 Å². The van der Waals surface area contributed by atoms with Gasteiger partial charge in [0.1, 0.15) is 6.54 Å². The summed E-state index contributed by atoms with van der Waals surface area (Å²) >= 11 is 11.9. The SMILES string of the molecule is CC(NC(=O)Cn1c(=O)n(C)c2ccccc21)c1ccc(Cl)c(Cl)c1. The molecule has 3 rings (SSSR count). The number of halogens is 2. The summed E-state index contributed by atoms with van der Waals surface area (Å²) < 4.78 is 3.00. The van der Waals surface area contributed by atoms with Crippen molar-refractivity contribution in [2.24, 2.45) is 7.05 Å². The molecule has 1 heterocycles. The first-order valence-corrected chi connectivity index (χ1v) is 8.52. The van der Waals surface area contributed by atoms with E-state index < -0.39 is 0 Å². The summed E-state index contributed by atoms with van der Waals surface area (Å²) in [6.45, 7) is 1.80. The molecule has 5 nitrogen and oxygen atoms in total. The molecule has 2 aromatic carbocycles. The number of rotatable bonds is 4. The van der Waals surface area contributed by atoms with E-state index in [1.165, 1.54) is 9.13 Å². The van der Waals surface area contributed by atoms with Crippen LogP contribution in [-0.2, 0) is 18.4 Å². The van der Waals surface area contributed by atoms with Gasteiger partial charge >= 0.3 is 5.69 Å². The highest BCUT2D eigenvalue weighted by Gasteiger charge is 2.15. The van der Waals surface area contributed by atoms with Gasteiger partial charge in [-0.15, -0.1) is 0 Å². The van der Waals surface area contributed by atoms with Gasteiger partial charge < -0.3 is 5.32 Å². The van der Waals surface area contributed by atoms with Crippen LogP contribution < -0.4 is 11.0 Å². The number of carbonyl (C=O) groups is 1. The summed E-state index contributed by atoms with van der Waals surface area (Å²) in [5, 5.41) is 3.78. The largest absolute Gasteiger partial charge is 0.348 e. The standard InChI is InChI=1S/C18H17Cl2N3O2/c1-11(12-7-8-13(19)14(20)9-12)21-17(24)10-23-16-6-4-3-5-15(16)22(2)18(23)25/h3-9,11H,10H2,1-2H3,(H,21,24). The minimum Gasteiger partial charge on any atom is -0.348 e. The van der Waals surface area contributed by atoms with Crippen LogP contribution in [0.15, 0.2) is 47.3 Å². The second-order valence-electron chi connectivity index (χ2n) is 5.88. The molecule has 1 unspecified atom stereocenters. The number of benzene rings is 2. The maximum atomic E-state index is 12.4. The predicted octanol–water partition coefficient (Wildman–Crippen LogP) is 3.52. The smallest absolute Gasteiger partial charge is 0.329 e. The van der Waals surface area contributed by atoms with Crippen LogP contribution in [0.3, 0.4) is 0 Å². The fourth-order valence-corrected chi connectivity index (χ4v) is 3.12. The molecule has 1 aromatic heterocycles. The van der Waals surface area contributed by atoms with Crippen LogP contribution in [0.5, 0.6) is 0 Å². The molecule has 1 amide bonds. The number of para-hydroxylation sites is 2. The Morgan fingerprint density at radius 2 is 1.80 bits per heavy atom. The Labute approximate surface area is 154 Å². The number of imidazole rings is 1. The number of nitrogens with zero attached hydrogens (tertiary/aromatic N) is 2. The zero-order valence-corrected chi connectivity index (χ0v) is 15.3. The Morgan fingerprint density at radius 1 is 1.12 bits per heavy atom. The third-order valence-corrected chi connectivity index (χ3v) is 4.91. The molecule has 1 atom stereocenters. The number of carbonyl (C=O) groups excluding carboxylic acids is 1. The predicted molar refractivity (Wildman–Crippen MR) is 100 cm³/mol. The van der Waals surface area contributed by atoms with E-state index in [-0.39, 0.29) is 24.2 Å². The highest BCUT2D eigenvalue weighted by Crippen LogP contribution is 2.25. The molecule has 130 valence electrons. The summed E-state index contributed by atoms with van der Waals surface area (Å²) in [4.78, 5) is 24.8. The van der Waals surface area contributed by atoms with Crippen LogP contribution >= 0.6 is 23.2 Å². The Bertz CT molecular complexity index is 1010. The first kappa shape index (κ1) is 17.6. The first-order valence-electron chi connectivity index (χ1n) is 7.77. The van der Waals surface area contributed by atoms with Gasteiger partial charge in [0.25, 0.3) is 0 Å². The Balaban J connectivity index is 1.80. The van der Waals surface area contributed by atoms with Crippen LogP contribution in [0.4, 0.5) is 0 Å². The second kappa shape index (κ2) is 6.94. The normalized spacial score (nSPS) is 12.3. The zero-order valence-electron chi connectivity index (χ0n) is 13.8. The highest BCUT2D eigenvalue weighted by atomic mass is 35.5.